The zero-order valence-electron chi connectivity index (χ0n) is 15.9. The Morgan fingerprint density at radius 1 is 1.04 bits per heavy atom. The number of fused-ring (bicyclic) bond motifs is 2. The van der Waals surface area contributed by atoms with Gasteiger partial charge in [0, 0.05) is 13.1 Å². The number of piperidine rings is 1. The number of hydrogen-bond donors (Lipinski definition) is 0. The van der Waals surface area contributed by atoms with Gasteiger partial charge >= 0.3 is 12.1 Å². The van der Waals surface area contributed by atoms with Crippen LogP contribution in [0.2, 0.25) is 0 Å². The number of amides is 1. The Labute approximate surface area is 155 Å². The molecule has 142 valence electrons. The van der Waals surface area contributed by atoms with Crippen molar-refractivity contribution in [2.24, 2.45) is 17.8 Å². The van der Waals surface area contributed by atoms with Crippen LogP contribution >= 0.6 is 0 Å². The minimum atomic E-state index is -0.479. The van der Waals surface area contributed by atoms with Crippen LogP contribution in [0.1, 0.15) is 45.6 Å². The molecule has 5 nitrogen and oxygen atoms in total. The Hall–Kier alpha value is -2.04. The zero-order chi connectivity index (χ0) is 18.7. The van der Waals surface area contributed by atoms with E-state index in [2.05, 4.69) is 0 Å². The summed E-state index contributed by atoms with van der Waals surface area (Å²) in [6, 6.07) is 9.76. The van der Waals surface area contributed by atoms with Gasteiger partial charge in [0.15, 0.2) is 0 Å². The summed E-state index contributed by atoms with van der Waals surface area (Å²) >= 11 is 0. The Balaban J connectivity index is 1.51. The van der Waals surface area contributed by atoms with E-state index in [1.807, 2.05) is 56.0 Å². The van der Waals surface area contributed by atoms with E-state index in [1.54, 1.807) is 0 Å². The summed E-state index contributed by atoms with van der Waals surface area (Å²) in [5, 5.41) is 0. The molecule has 26 heavy (non-hydrogen) atoms. The zero-order valence-corrected chi connectivity index (χ0v) is 15.9. The van der Waals surface area contributed by atoms with E-state index >= 15 is 0 Å². The molecule has 1 saturated carbocycles. The lowest BCUT2D eigenvalue weighted by Gasteiger charge is -2.43. The van der Waals surface area contributed by atoms with Gasteiger partial charge in [-0.3, -0.25) is 4.79 Å². The molecular formula is C21H29NO4. The topological polar surface area (TPSA) is 55.8 Å². The molecule has 1 unspecified atom stereocenters. The summed E-state index contributed by atoms with van der Waals surface area (Å²) in [6.07, 6.45) is 2.44. The van der Waals surface area contributed by atoms with Gasteiger partial charge in [-0.05, 0) is 57.4 Å². The normalized spacial score (nSPS) is 25.5. The van der Waals surface area contributed by atoms with Crippen molar-refractivity contribution < 1.29 is 19.1 Å². The van der Waals surface area contributed by atoms with Crippen molar-refractivity contribution in [3.63, 3.8) is 0 Å². The first-order valence-corrected chi connectivity index (χ1v) is 9.48. The smallest absolute Gasteiger partial charge is 0.410 e. The molecule has 0 spiro atoms. The summed E-state index contributed by atoms with van der Waals surface area (Å²) in [4.78, 5) is 26.6. The molecule has 1 aliphatic carbocycles. The fraction of sp³-hybridized carbons (Fsp3) is 0.619. The fourth-order valence-corrected chi connectivity index (χ4v) is 4.08. The Bertz CT molecular complexity index is 623. The Morgan fingerprint density at radius 2 is 1.65 bits per heavy atom. The highest BCUT2D eigenvalue weighted by molar-refractivity contribution is 5.73. The van der Waals surface area contributed by atoms with Crippen molar-refractivity contribution >= 4 is 12.1 Å². The molecule has 3 rings (SSSR count). The molecule has 2 fully saturated rings. The van der Waals surface area contributed by atoms with Crippen LogP contribution in [0.5, 0.6) is 0 Å². The van der Waals surface area contributed by atoms with Crippen LogP contribution in [0.15, 0.2) is 30.3 Å². The molecule has 1 aromatic carbocycles. The maximum absolute atomic E-state index is 12.5. The molecule has 2 aliphatic rings. The lowest BCUT2D eigenvalue weighted by molar-refractivity contribution is -0.153. The Morgan fingerprint density at radius 3 is 2.23 bits per heavy atom. The van der Waals surface area contributed by atoms with Crippen molar-refractivity contribution in [3.05, 3.63) is 35.9 Å². The van der Waals surface area contributed by atoms with E-state index in [0.29, 0.717) is 31.5 Å². The third kappa shape index (κ3) is 4.99. The molecule has 0 radical (unpaired) electrons. The van der Waals surface area contributed by atoms with Gasteiger partial charge in [0.2, 0.25) is 0 Å². The van der Waals surface area contributed by atoms with Crippen LogP contribution in [-0.2, 0) is 20.9 Å². The quantitative estimate of drug-likeness (QED) is 0.765. The van der Waals surface area contributed by atoms with Gasteiger partial charge in [-0.1, -0.05) is 30.3 Å². The van der Waals surface area contributed by atoms with Crippen LogP contribution in [0.3, 0.4) is 0 Å². The molecule has 1 heterocycles. The van der Waals surface area contributed by atoms with E-state index in [4.69, 9.17) is 9.47 Å². The fourth-order valence-electron chi connectivity index (χ4n) is 4.08. The first-order chi connectivity index (χ1) is 12.3. The van der Waals surface area contributed by atoms with E-state index in [-0.39, 0.29) is 18.0 Å². The molecule has 1 amide bonds. The minimum Gasteiger partial charge on any atom is -0.461 e. The molecule has 0 N–H and O–H groups in total. The SMILES string of the molecule is CC(C)(C)OC(=O)N1C[C@@H]2CC(C(=O)OCc3ccccc3)C[C@@H](C2)C1. The van der Waals surface area contributed by atoms with E-state index < -0.39 is 5.60 Å². The number of benzene rings is 1. The second kappa shape index (κ2) is 7.68. The number of esters is 1. The van der Waals surface area contributed by atoms with Gasteiger partial charge in [-0.15, -0.1) is 0 Å². The highest BCUT2D eigenvalue weighted by atomic mass is 16.6. The Kier molecular flexibility index (Phi) is 5.54. The van der Waals surface area contributed by atoms with Gasteiger partial charge < -0.3 is 14.4 Å². The summed E-state index contributed by atoms with van der Waals surface area (Å²) < 4.78 is 11.0. The third-order valence-electron chi connectivity index (χ3n) is 5.07. The van der Waals surface area contributed by atoms with E-state index in [1.165, 1.54) is 0 Å². The number of rotatable bonds is 3. The van der Waals surface area contributed by atoms with Crippen LogP contribution in [-0.4, -0.2) is 35.7 Å². The number of ether oxygens (including phenoxy) is 2. The summed E-state index contributed by atoms with van der Waals surface area (Å²) in [5.74, 6) is 0.547. The molecule has 1 aromatic rings. The minimum absolute atomic E-state index is 0.0525. The van der Waals surface area contributed by atoms with E-state index in [9.17, 15) is 9.59 Å². The van der Waals surface area contributed by atoms with Gasteiger partial charge in [-0.2, -0.15) is 0 Å². The standard InChI is InChI=1S/C21H29NO4/c1-21(2,3)26-20(24)22-12-16-9-17(13-22)11-18(10-16)19(23)25-14-15-7-5-4-6-8-15/h4-8,16-18H,9-14H2,1-3H3/t16-,17+,18?. The third-order valence-corrected chi connectivity index (χ3v) is 5.07. The first-order valence-electron chi connectivity index (χ1n) is 9.48. The number of likely N-dealkylation sites (tertiary alicyclic amines) is 1. The maximum atomic E-state index is 12.5. The number of nitrogens with zero attached hydrogens (tertiary/aromatic N) is 1. The van der Waals surface area contributed by atoms with Gasteiger partial charge in [-0.25, -0.2) is 4.79 Å². The lowest BCUT2D eigenvalue weighted by atomic mass is 9.72. The molecule has 1 saturated heterocycles. The number of hydrogen-bond acceptors (Lipinski definition) is 4. The van der Waals surface area contributed by atoms with Gasteiger partial charge in [0.1, 0.15) is 12.2 Å². The monoisotopic (exact) mass is 359 g/mol. The molecule has 3 atom stereocenters. The average Bonchev–Trinajstić information content (AvgIpc) is 2.58. The molecular weight excluding hydrogens is 330 g/mol. The van der Waals surface area contributed by atoms with Crippen molar-refractivity contribution in [3.8, 4) is 0 Å². The van der Waals surface area contributed by atoms with Crippen LogP contribution in [0.4, 0.5) is 4.79 Å². The second-order valence-electron chi connectivity index (χ2n) is 8.61. The highest BCUT2D eigenvalue weighted by Gasteiger charge is 2.40. The maximum Gasteiger partial charge on any atom is 0.410 e. The highest BCUT2D eigenvalue weighted by Crippen LogP contribution is 2.39. The van der Waals surface area contributed by atoms with Crippen molar-refractivity contribution in [1.29, 1.82) is 0 Å². The summed E-state index contributed by atoms with van der Waals surface area (Å²) in [7, 11) is 0. The largest absolute Gasteiger partial charge is 0.461 e. The summed E-state index contributed by atoms with van der Waals surface area (Å²) in [5.41, 5.74) is 0.529. The predicted molar refractivity (Wildman–Crippen MR) is 98.4 cm³/mol. The first kappa shape index (κ1) is 18.7. The average molecular weight is 359 g/mol. The van der Waals surface area contributed by atoms with Crippen LogP contribution < -0.4 is 0 Å². The summed E-state index contributed by atoms with van der Waals surface area (Å²) in [6.45, 7) is 7.33. The second-order valence-corrected chi connectivity index (χ2v) is 8.61. The van der Waals surface area contributed by atoms with Crippen LogP contribution in [0.25, 0.3) is 0 Å². The van der Waals surface area contributed by atoms with Crippen molar-refractivity contribution in [2.45, 2.75) is 52.2 Å². The van der Waals surface area contributed by atoms with Crippen molar-refractivity contribution in [2.75, 3.05) is 13.1 Å². The van der Waals surface area contributed by atoms with Crippen molar-refractivity contribution in [1.82, 2.24) is 4.90 Å². The van der Waals surface area contributed by atoms with Gasteiger partial charge in [0.05, 0.1) is 5.92 Å². The van der Waals surface area contributed by atoms with Gasteiger partial charge in [0.25, 0.3) is 0 Å². The molecule has 5 heteroatoms. The van der Waals surface area contributed by atoms with Crippen LogP contribution in [0, 0.1) is 17.8 Å². The lowest BCUT2D eigenvalue weighted by Crippen LogP contribution is -2.49. The molecule has 1 aliphatic heterocycles. The molecule has 0 aromatic heterocycles. The number of carbonyl (C=O) groups is 2. The number of carbonyl (C=O) groups excluding carboxylic acids is 2. The van der Waals surface area contributed by atoms with E-state index in [0.717, 1.165) is 24.8 Å². The molecule has 2 bridgehead atoms. The predicted octanol–water partition coefficient (Wildman–Crippen LogP) is 4.01.